The molecule has 1 saturated heterocycles. The van der Waals surface area contributed by atoms with Crippen molar-refractivity contribution in [2.75, 3.05) is 24.5 Å². The number of carbonyl (C=O) groups excluding carboxylic acids is 1. The Morgan fingerprint density at radius 1 is 1.34 bits per heavy atom. The Balaban J connectivity index is 1.80. The van der Waals surface area contributed by atoms with Gasteiger partial charge in [-0.3, -0.25) is 4.98 Å². The van der Waals surface area contributed by atoms with Crippen molar-refractivity contribution in [3.8, 4) is 0 Å². The molecule has 0 aromatic carbocycles. The van der Waals surface area contributed by atoms with Crippen LogP contribution in [0.2, 0.25) is 5.28 Å². The fourth-order valence-electron chi connectivity index (χ4n) is 3.61. The van der Waals surface area contributed by atoms with E-state index in [1.807, 2.05) is 37.8 Å². The molecule has 0 bridgehead atoms. The number of rotatable bonds is 6. The molecule has 3 heterocycles. The van der Waals surface area contributed by atoms with Crippen LogP contribution in [0.5, 0.6) is 0 Å². The number of hydrogen-bond donors (Lipinski definition) is 0. The Morgan fingerprint density at radius 2 is 2.14 bits per heavy atom. The van der Waals surface area contributed by atoms with E-state index in [1.165, 1.54) is 0 Å². The van der Waals surface area contributed by atoms with Gasteiger partial charge in [-0.1, -0.05) is 19.8 Å². The lowest BCUT2D eigenvalue weighted by molar-refractivity contribution is 0.0174. The maximum atomic E-state index is 12.9. The van der Waals surface area contributed by atoms with Crippen molar-refractivity contribution in [1.82, 2.24) is 19.9 Å². The number of halogens is 1. The van der Waals surface area contributed by atoms with Crippen LogP contribution < -0.4 is 4.90 Å². The largest absolute Gasteiger partial charge is 0.444 e. The lowest BCUT2D eigenvalue weighted by Crippen LogP contribution is -2.45. The van der Waals surface area contributed by atoms with E-state index in [0.29, 0.717) is 13.1 Å². The van der Waals surface area contributed by atoms with Gasteiger partial charge in [-0.05, 0) is 57.3 Å². The second kappa shape index (κ2) is 9.11. The van der Waals surface area contributed by atoms with Crippen LogP contribution in [-0.2, 0) is 4.74 Å². The molecule has 1 aliphatic heterocycles. The third-order valence-corrected chi connectivity index (χ3v) is 5.11. The average Bonchev–Trinajstić information content (AvgIpc) is 3.12. The zero-order valence-corrected chi connectivity index (χ0v) is 18.4. The van der Waals surface area contributed by atoms with E-state index in [9.17, 15) is 4.79 Å². The van der Waals surface area contributed by atoms with Gasteiger partial charge < -0.3 is 14.5 Å². The SMILES string of the molecule is CCCCCN(C(=O)OC(C)(C)C)[C@H]1CCN(c2nc(Cl)nc3cccnc23)C1. The van der Waals surface area contributed by atoms with Gasteiger partial charge in [0.1, 0.15) is 11.1 Å². The number of carbonyl (C=O) groups is 1. The highest BCUT2D eigenvalue weighted by molar-refractivity contribution is 6.28. The lowest BCUT2D eigenvalue weighted by atomic mass is 10.2. The third kappa shape index (κ3) is 5.47. The van der Waals surface area contributed by atoms with Gasteiger partial charge >= 0.3 is 6.09 Å². The molecule has 29 heavy (non-hydrogen) atoms. The molecule has 1 amide bonds. The molecule has 2 aromatic heterocycles. The Hall–Kier alpha value is -2.15. The summed E-state index contributed by atoms with van der Waals surface area (Å²) in [4.78, 5) is 30.1. The number of anilines is 1. The summed E-state index contributed by atoms with van der Waals surface area (Å²) >= 11 is 6.15. The van der Waals surface area contributed by atoms with Gasteiger partial charge in [0.05, 0.1) is 11.6 Å². The first-order valence-corrected chi connectivity index (χ1v) is 10.7. The van der Waals surface area contributed by atoms with Crippen molar-refractivity contribution in [2.45, 2.75) is 65.0 Å². The maximum absolute atomic E-state index is 12.9. The Bertz CT molecular complexity index is 855. The summed E-state index contributed by atoms with van der Waals surface area (Å²) in [6.07, 6.45) is 5.50. The van der Waals surface area contributed by atoms with Crippen LogP contribution >= 0.6 is 11.6 Å². The van der Waals surface area contributed by atoms with Crippen molar-refractivity contribution in [1.29, 1.82) is 0 Å². The highest BCUT2D eigenvalue weighted by Gasteiger charge is 2.34. The van der Waals surface area contributed by atoms with Crippen molar-refractivity contribution >= 4 is 34.5 Å². The molecule has 1 atom stereocenters. The van der Waals surface area contributed by atoms with Crippen molar-refractivity contribution in [3.05, 3.63) is 23.6 Å². The quantitative estimate of drug-likeness (QED) is 0.499. The summed E-state index contributed by atoms with van der Waals surface area (Å²) in [6.45, 7) is 10.0. The molecule has 0 radical (unpaired) electrons. The number of hydrogen-bond acceptors (Lipinski definition) is 6. The monoisotopic (exact) mass is 419 g/mol. The summed E-state index contributed by atoms with van der Waals surface area (Å²) in [6, 6.07) is 3.78. The van der Waals surface area contributed by atoms with Crippen LogP contribution in [0.15, 0.2) is 18.3 Å². The smallest absolute Gasteiger partial charge is 0.410 e. The van der Waals surface area contributed by atoms with E-state index < -0.39 is 5.60 Å². The first-order valence-electron chi connectivity index (χ1n) is 10.3. The van der Waals surface area contributed by atoms with E-state index in [4.69, 9.17) is 16.3 Å². The number of fused-ring (bicyclic) bond motifs is 1. The van der Waals surface area contributed by atoms with Gasteiger partial charge in [0.2, 0.25) is 5.28 Å². The predicted octanol–water partition coefficient (Wildman–Crippen LogP) is 4.68. The summed E-state index contributed by atoms with van der Waals surface area (Å²) < 4.78 is 5.68. The van der Waals surface area contributed by atoms with E-state index >= 15 is 0 Å². The van der Waals surface area contributed by atoms with Crippen molar-refractivity contribution in [2.24, 2.45) is 0 Å². The summed E-state index contributed by atoms with van der Waals surface area (Å²) in [7, 11) is 0. The minimum atomic E-state index is -0.515. The molecule has 158 valence electrons. The fourth-order valence-corrected chi connectivity index (χ4v) is 3.78. The van der Waals surface area contributed by atoms with Crippen LogP contribution in [0.25, 0.3) is 11.0 Å². The van der Waals surface area contributed by atoms with Gasteiger partial charge in [-0.25, -0.2) is 9.78 Å². The molecule has 7 nitrogen and oxygen atoms in total. The maximum Gasteiger partial charge on any atom is 0.410 e. The first kappa shape index (κ1) is 21.6. The van der Waals surface area contributed by atoms with Crippen LogP contribution in [0, 0.1) is 0 Å². The molecular weight excluding hydrogens is 390 g/mol. The van der Waals surface area contributed by atoms with E-state index in [2.05, 4.69) is 26.8 Å². The molecule has 1 aliphatic rings. The highest BCUT2D eigenvalue weighted by Crippen LogP contribution is 2.28. The van der Waals surface area contributed by atoms with E-state index in [0.717, 1.165) is 49.1 Å². The Morgan fingerprint density at radius 3 is 2.86 bits per heavy atom. The molecule has 0 spiro atoms. The fraction of sp³-hybridized carbons (Fsp3) is 0.619. The number of pyridine rings is 1. The number of amides is 1. The summed E-state index contributed by atoms with van der Waals surface area (Å²) in [5, 5.41) is 0.205. The van der Waals surface area contributed by atoms with Gasteiger partial charge in [0, 0.05) is 25.8 Å². The number of ether oxygens (including phenoxy) is 1. The molecular formula is C21H30ClN5O2. The van der Waals surface area contributed by atoms with Crippen LogP contribution in [-0.4, -0.2) is 57.2 Å². The molecule has 1 fully saturated rings. The van der Waals surface area contributed by atoms with Gasteiger partial charge in [0.25, 0.3) is 0 Å². The molecule has 0 N–H and O–H groups in total. The Kier molecular flexibility index (Phi) is 6.77. The lowest BCUT2D eigenvalue weighted by Gasteiger charge is -2.32. The summed E-state index contributed by atoms with van der Waals surface area (Å²) in [5.41, 5.74) is 0.934. The zero-order valence-electron chi connectivity index (χ0n) is 17.7. The first-order chi connectivity index (χ1) is 13.8. The summed E-state index contributed by atoms with van der Waals surface area (Å²) in [5.74, 6) is 0.723. The Labute approximate surface area is 177 Å². The topological polar surface area (TPSA) is 71.5 Å². The number of unbranched alkanes of at least 4 members (excludes halogenated alkanes) is 2. The van der Waals surface area contributed by atoms with Crippen LogP contribution in [0.1, 0.15) is 53.4 Å². The second-order valence-corrected chi connectivity index (χ2v) is 8.79. The average molecular weight is 420 g/mol. The number of aromatic nitrogens is 3. The van der Waals surface area contributed by atoms with Crippen molar-refractivity contribution < 1.29 is 9.53 Å². The van der Waals surface area contributed by atoms with Crippen molar-refractivity contribution in [3.63, 3.8) is 0 Å². The minimum Gasteiger partial charge on any atom is -0.444 e. The minimum absolute atomic E-state index is 0.0641. The predicted molar refractivity (Wildman–Crippen MR) is 115 cm³/mol. The van der Waals surface area contributed by atoms with Gasteiger partial charge in [-0.15, -0.1) is 0 Å². The van der Waals surface area contributed by atoms with E-state index in [-0.39, 0.29) is 17.4 Å². The second-order valence-electron chi connectivity index (χ2n) is 8.46. The molecule has 0 aliphatic carbocycles. The molecule has 0 unspecified atom stereocenters. The third-order valence-electron chi connectivity index (χ3n) is 4.94. The van der Waals surface area contributed by atoms with Crippen LogP contribution in [0.3, 0.4) is 0 Å². The molecule has 0 saturated carbocycles. The normalized spacial score (nSPS) is 17.0. The molecule has 2 aromatic rings. The van der Waals surface area contributed by atoms with Gasteiger partial charge in [-0.2, -0.15) is 4.98 Å². The van der Waals surface area contributed by atoms with E-state index in [1.54, 1.807) is 6.20 Å². The van der Waals surface area contributed by atoms with Gasteiger partial charge in [0.15, 0.2) is 5.82 Å². The number of nitrogens with zero attached hydrogens (tertiary/aromatic N) is 5. The standard InChI is InChI=1S/C21H30ClN5O2/c1-5-6-7-12-27(20(28)29-21(2,3)4)15-10-13-26(14-15)18-17-16(9-8-11-23-17)24-19(22)25-18/h8-9,11,15H,5-7,10,12-14H2,1-4H3/t15-/m0/s1. The zero-order chi connectivity index (χ0) is 21.0. The molecule has 3 rings (SSSR count). The highest BCUT2D eigenvalue weighted by atomic mass is 35.5. The molecule has 8 heteroatoms. The van der Waals surface area contributed by atoms with Crippen LogP contribution in [0.4, 0.5) is 10.6 Å².